The Balaban J connectivity index is 1.34. The molecule has 8 heteroatoms. The number of carbonyl (C=O) groups is 2. The molecule has 1 unspecified atom stereocenters. The van der Waals surface area contributed by atoms with Gasteiger partial charge in [-0.2, -0.15) is 0 Å². The van der Waals surface area contributed by atoms with Crippen molar-refractivity contribution in [1.29, 1.82) is 0 Å². The van der Waals surface area contributed by atoms with Crippen LogP contribution < -0.4 is 4.90 Å². The molecule has 1 aliphatic carbocycles. The van der Waals surface area contributed by atoms with E-state index in [-0.39, 0.29) is 17.7 Å². The second-order valence-corrected chi connectivity index (χ2v) is 9.82. The highest BCUT2D eigenvalue weighted by molar-refractivity contribution is 5.95. The normalized spacial score (nSPS) is 20.9. The van der Waals surface area contributed by atoms with Crippen LogP contribution in [0.4, 0.5) is 5.82 Å². The summed E-state index contributed by atoms with van der Waals surface area (Å²) < 4.78 is 5.36. The predicted octanol–water partition coefficient (Wildman–Crippen LogP) is 3.61. The Kier molecular flexibility index (Phi) is 5.47. The van der Waals surface area contributed by atoms with Crippen LogP contribution in [0.25, 0.3) is 0 Å². The number of nitrogens with zero attached hydrogens (tertiary/aromatic N) is 5. The molecule has 0 N–H and O–H groups in total. The first-order chi connectivity index (χ1) is 15.4. The lowest BCUT2D eigenvalue weighted by Gasteiger charge is -2.30. The smallest absolute Gasteiger partial charge is 0.276 e. The highest BCUT2D eigenvalue weighted by Crippen LogP contribution is 2.40. The maximum Gasteiger partial charge on any atom is 0.276 e. The fraction of sp³-hybridized carbons (Fsp3) is 0.625. The van der Waals surface area contributed by atoms with Crippen LogP contribution in [0, 0.1) is 12.8 Å². The van der Waals surface area contributed by atoms with Crippen molar-refractivity contribution in [2.24, 2.45) is 5.92 Å². The first kappa shape index (κ1) is 21.1. The highest BCUT2D eigenvalue weighted by Gasteiger charge is 2.35. The molecule has 5 rings (SSSR count). The van der Waals surface area contributed by atoms with E-state index in [2.05, 4.69) is 19.0 Å². The predicted molar refractivity (Wildman–Crippen MR) is 119 cm³/mol. The Hall–Kier alpha value is -2.77. The molecule has 32 heavy (non-hydrogen) atoms. The Labute approximate surface area is 188 Å². The maximum absolute atomic E-state index is 12.9. The minimum Gasteiger partial charge on any atom is -0.360 e. The van der Waals surface area contributed by atoms with E-state index in [1.54, 1.807) is 6.07 Å². The number of likely N-dealkylation sites (tertiary alicyclic amines) is 1. The van der Waals surface area contributed by atoms with E-state index in [4.69, 9.17) is 14.5 Å². The number of amides is 2. The van der Waals surface area contributed by atoms with Crippen LogP contribution in [0.5, 0.6) is 0 Å². The topological polar surface area (TPSA) is 92.4 Å². The first-order valence-electron chi connectivity index (χ1n) is 11.8. The van der Waals surface area contributed by atoms with Gasteiger partial charge in [-0.15, -0.1) is 0 Å². The molecule has 170 valence electrons. The summed E-state index contributed by atoms with van der Waals surface area (Å²) in [7, 11) is 0. The third-order valence-corrected chi connectivity index (χ3v) is 6.85. The van der Waals surface area contributed by atoms with Crippen molar-refractivity contribution in [2.75, 3.05) is 24.5 Å². The average Bonchev–Trinajstić information content (AvgIpc) is 3.29. The van der Waals surface area contributed by atoms with E-state index in [1.807, 2.05) is 16.7 Å². The molecular formula is C24H31N5O3. The molecule has 2 aromatic rings. The van der Waals surface area contributed by atoms with Crippen molar-refractivity contribution in [3.05, 3.63) is 34.6 Å². The minimum absolute atomic E-state index is 0.0572. The van der Waals surface area contributed by atoms with E-state index >= 15 is 0 Å². The monoisotopic (exact) mass is 437 g/mol. The quantitative estimate of drug-likeness (QED) is 0.686. The second kappa shape index (κ2) is 8.30. The standard InChI is InChI=1S/C24H31N5O3/c1-14(2)8-11-29-21(30)7-6-18-15(3)25-22(26-23(18)29)17-9-10-28(13-17)24(31)19-12-20(32-27-19)16-4-5-16/h12,14,16-17H,4-11,13H2,1-3H3. The summed E-state index contributed by atoms with van der Waals surface area (Å²) >= 11 is 0. The van der Waals surface area contributed by atoms with Gasteiger partial charge in [-0.05, 0) is 44.9 Å². The average molecular weight is 438 g/mol. The maximum atomic E-state index is 12.9. The van der Waals surface area contributed by atoms with Gasteiger partial charge in [-0.3, -0.25) is 14.5 Å². The molecule has 0 bridgehead atoms. The number of aryl methyl sites for hydroxylation is 1. The van der Waals surface area contributed by atoms with Crippen molar-refractivity contribution in [3.8, 4) is 0 Å². The number of fused-ring (bicyclic) bond motifs is 1. The lowest BCUT2D eigenvalue weighted by atomic mass is 10.0. The Morgan fingerprint density at radius 3 is 2.75 bits per heavy atom. The number of anilines is 1. The van der Waals surface area contributed by atoms with Crippen molar-refractivity contribution >= 4 is 17.6 Å². The van der Waals surface area contributed by atoms with Crippen LogP contribution in [0.15, 0.2) is 10.6 Å². The van der Waals surface area contributed by atoms with Crippen LogP contribution >= 0.6 is 0 Å². The van der Waals surface area contributed by atoms with Gasteiger partial charge in [-0.1, -0.05) is 19.0 Å². The third-order valence-electron chi connectivity index (χ3n) is 6.85. The van der Waals surface area contributed by atoms with Gasteiger partial charge in [0.05, 0.1) is 0 Å². The number of carbonyl (C=O) groups excluding carboxylic acids is 2. The zero-order chi connectivity index (χ0) is 22.4. The van der Waals surface area contributed by atoms with E-state index < -0.39 is 0 Å². The van der Waals surface area contributed by atoms with Gasteiger partial charge in [0.2, 0.25) is 5.91 Å². The molecule has 1 saturated heterocycles. The van der Waals surface area contributed by atoms with Gasteiger partial charge in [0.1, 0.15) is 17.4 Å². The molecule has 8 nitrogen and oxygen atoms in total. The van der Waals surface area contributed by atoms with Crippen LogP contribution in [0.1, 0.15) is 91.1 Å². The largest absolute Gasteiger partial charge is 0.360 e. The molecule has 4 heterocycles. The zero-order valence-corrected chi connectivity index (χ0v) is 19.1. The zero-order valence-electron chi connectivity index (χ0n) is 19.1. The lowest BCUT2D eigenvalue weighted by Crippen LogP contribution is -2.38. The van der Waals surface area contributed by atoms with Gasteiger partial charge in [-0.25, -0.2) is 9.97 Å². The molecule has 1 saturated carbocycles. The first-order valence-corrected chi connectivity index (χ1v) is 11.8. The molecule has 2 aromatic heterocycles. The van der Waals surface area contributed by atoms with Crippen LogP contribution in [0.2, 0.25) is 0 Å². The van der Waals surface area contributed by atoms with E-state index in [1.165, 1.54) is 0 Å². The van der Waals surface area contributed by atoms with Crippen molar-refractivity contribution in [1.82, 2.24) is 20.0 Å². The van der Waals surface area contributed by atoms with Gasteiger partial charge >= 0.3 is 0 Å². The molecule has 3 aliphatic rings. The Morgan fingerprint density at radius 1 is 1.19 bits per heavy atom. The summed E-state index contributed by atoms with van der Waals surface area (Å²) in [6.07, 6.45) is 5.18. The molecule has 0 spiro atoms. The van der Waals surface area contributed by atoms with Gasteiger partial charge in [0.15, 0.2) is 5.69 Å². The summed E-state index contributed by atoms with van der Waals surface area (Å²) in [6, 6.07) is 1.80. The Morgan fingerprint density at radius 2 is 2.00 bits per heavy atom. The number of hydrogen-bond donors (Lipinski definition) is 0. The molecule has 2 amide bonds. The number of hydrogen-bond acceptors (Lipinski definition) is 6. The molecule has 1 atom stereocenters. The van der Waals surface area contributed by atoms with Crippen molar-refractivity contribution in [2.45, 2.75) is 71.1 Å². The van der Waals surface area contributed by atoms with Crippen LogP contribution in [0.3, 0.4) is 0 Å². The summed E-state index contributed by atoms with van der Waals surface area (Å²) in [5, 5.41) is 4.00. The SMILES string of the molecule is Cc1nc(C2CCN(C(=O)c3cc(C4CC4)on3)C2)nc2c1CCC(=O)N2CCC(C)C. The second-order valence-electron chi connectivity index (χ2n) is 9.82. The summed E-state index contributed by atoms with van der Waals surface area (Å²) in [5.74, 6) is 3.39. The fourth-order valence-corrected chi connectivity index (χ4v) is 4.67. The molecule has 2 aliphatic heterocycles. The third kappa shape index (κ3) is 4.02. The lowest BCUT2D eigenvalue weighted by molar-refractivity contribution is -0.119. The Bertz CT molecular complexity index is 1040. The van der Waals surface area contributed by atoms with Crippen molar-refractivity contribution in [3.63, 3.8) is 0 Å². The minimum atomic E-state index is -0.0911. The van der Waals surface area contributed by atoms with E-state index in [0.717, 1.165) is 54.3 Å². The van der Waals surface area contributed by atoms with E-state index in [9.17, 15) is 9.59 Å². The van der Waals surface area contributed by atoms with E-state index in [0.29, 0.717) is 50.0 Å². The molecule has 2 fully saturated rings. The molecule has 0 aromatic carbocycles. The van der Waals surface area contributed by atoms with Crippen LogP contribution in [-0.4, -0.2) is 51.5 Å². The van der Waals surface area contributed by atoms with Crippen molar-refractivity contribution < 1.29 is 14.1 Å². The fourth-order valence-electron chi connectivity index (χ4n) is 4.67. The van der Waals surface area contributed by atoms with Gasteiger partial charge in [0, 0.05) is 55.2 Å². The summed E-state index contributed by atoms with van der Waals surface area (Å²) in [4.78, 5) is 39.0. The number of rotatable bonds is 6. The highest BCUT2D eigenvalue weighted by atomic mass is 16.5. The summed E-state index contributed by atoms with van der Waals surface area (Å²) in [5.41, 5.74) is 2.42. The summed E-state index contributed by atoms with van der Waals surface area (Å²) in [6.45, 7) is 8.22. The van der Waals surface area contributed by atoms with Crippen LogP contribution in [-0.2, 0) is 11.2 Å². The number of aromatic nitrogens is 3. The molecule has 0 radical (unpaired) electrons. The molecular weight excluding hydrogens is 406 g/mol. The van der Waals surface area contributed by atoms with Gasteiger partial charge < -0.3 is 9.42 Å². The van der Waals surface area contributed by atoms with Gasteiger partial charge in [0.25, 0.3) is 5.91 Å².